The number of amides is 2. The van der Waals surface area contributed by atoms with Crippen molar-refractivity contribution < 1.29 is 14.7 Å². The van der Waals surface area contributed by atoms with E-state index in [2.05, 4.69) is 10.2 Å². The van der Waals surface area contributed by atoms with Crippen LogP contribution in [-0.4, -0.2) is 70.7 Å². The number of aromatic nitrogens is 1. The fraction of sp³-hybridized carbons (Fsp3) is 0.593. The molecule has 2 aromatic rings. The summed E-state index contributed by atoms with van der Waals surface area (Å²) in [7, 11) is 0. The van der Waals surface area contributed by atoms with E-state index in [4.69, 9.17) is 5.11 Å². The number of rotatable bonds is 6. The molecule has 0 radical (unpaired) electrons. The van der Waals surface area contributed by atoms with E-state index < -0.39 is 6.09 Å². The zero-order valence-electron chi connectivity index (χ0n) is 21.1. The van der Waals surface area contributed by atoms with E-state index in [1.54, 1.807) is 10.6 Å². The van der Waals surface area contributed by atoms with Crippen molar-refractivity contribution in [3.8, 4) is 0 Å². The monoisotopic (exact) mass is 482 g/mol. The molecule has 0 spiro atoms. The number of likely N-dealkylation sites (tertiary alicyclic amines) is 2. The van der Waals surface area contributed by atoms with E-state index in [1.165, 1.54) is 4.90 Å². The van der Waals surface area contributed by atoms with Gasteiger partial charge in [-0.15, -0.1) is 0 Å². The topological polar surface area (TPSA) is 94.9 Å². The molecule has 8 nitrogen and oxygen atoms in total. The highest BCUT2D eigenvalue weighted by molar-refractivity contribution is 5.98. The number of hydrogen-bond donors (Lipinski definition) is 2. The molecule has 0 unspecified atom stereocenters. The minimum Gasteiger partial charge on any atom is -0.465 e. The van der Waals surface area contributed by atoms with Gasteiger partial charge in [0.25, 0.3) is 11.5 Å². The third kappa shape index (κ3) is 5.69. The summed E-state index contributed by atoms with van der Waals surface area (Å²) < 4.78 is 1.72. The Labute approximate surface area is 206 Å². The van der Waals surface area contributed by atoms with Crippen molar-refractivity contribution in [2.75, 3.05) is 39.3 Å². The first-order chi connectivity index (χ1) is 16.7. The van der Waals surface area contributed by atoms with Crippen LogP contribution in [0.1, 0.15) is 61.5 Å². The highest BCUT2D eigenvalue weighted by atomic mass is 16.4. The van der Waals surface area contributed by atoms with Gasteiger partial charge in [-0.1, -0.05) is 12.1 Å². The molecule has 2 fully saturated rings. The van der Waals surface area contributed by atoms with Crippen molar-refractivity contribution >= 4 is 22.9 Å². The first-order valence-corrected chi connectivity index (χ1v) is 12.9. The van der Waals surface area contributed by atoms with E-state index in [1.807, 2.05) is 39.0 Å². The Bertz CT molecular complexity index is 1130. The summed E-state index contributed by atoms with van der Waals surface area (Å²) in [6.07, 6.45) is 3.08. The quantitative estimate of drug-likeness (QED) is 0.654. The van der Waals surface area contributed by atoms with Gasteiger partial charge in [-0.3, -0.25) is 9.59 Å². The maximum absolute atomic E-state index is 13.2. The Hall–Kier alpha value is -2.87. The number of hydrogen-bond acceptors (Lipinski definition) is 4. The number of nitrogens with one attached hydrogen (secondary N) is 1. The molecular formula is C27H38N4O4. The number of pyridine rings is 1. The van der Waals surface area contributed by atoms with Crippen molar-refractivity contribution in [3.05, 3.63) is 45.7 Å². The normalized spacial score (nSPS) is 18.3. The van der Waals surface area contributed by atoms with Gasteiger partial charge in [0.15, 0.2) is 0 Å². The SMILES string of the molecule is Cc1cccc2c1cc(C(=O)NCC1CCN(CC3CCN(C(=O)O)CC3)CC1)c(=O)n2C(C)C. The predicted molar refractivity (Wildman–Crippen MR) is 137 cm³/mol. The minimum absolute atomic E-state index is 0.0414. The molecule has 0 bridgehead atoms. The van der Waals surface area contributed by atoms with Gasteiger partial charge >= 0.3 is 6.09 Å². The van der Waals surface area contributed by atoms with Crippen LogP contribution in [0.3, 0.4) is 0 Å². The van der Waals surface area contributed by atoms with Crippen LogP contribution in [0.4, 0.5) is 4.79 Å². The molecule has 4 rings (SSSR count). The smallest absolute Gasteiger partial charge is 0.407 e. The average molecular weight is 483 g/mol. The molecule has 2 aliphatic heterocycles. The zero-order chi connectivity index (χ0) is 25.1. The summed E-state index contributed by atoms with van der Waals surface area (Å²) in [5, 5.41) is 13.1. The Kier molecular flexibility index (Phi) is 7.79. The molecule has 2 aliphatic rings. The van der Waals surface area contributed by atoms with Crippen LogP contribution < -0.4 is 10.9 Å². The van der Waals surface area contributed by atoms with E-state index >= 15 is 0 Å². The maximum atomic E-state index is 13.2. The Morgan fingerprint density at radius 3 is 2.34 bits per heavy atom. The molecule has 0 aliphatic carbocycles. The van der Waals surface area contributed by atoms with Gasteiger partial charge in [-0.25, -0.2) is 4.79 Å². The van der Waals surface area contributed by atoms with Gasteiger partial charge in [0.05, 0.1) is 5.52 Å². The van der Waals surface area contributed by atoms with Crippen molar-refractivity contribution in [3.63, 3.8) is 0 Å². The van der Waals surface area contributed by atoms with Crippen molar-refractivity contribution in [1.82, 2.24) is 19.7 Å². The number of fused-ring (bicyclic) bond motifs is 1. The first-order valence-electron chi connectivity index (χ1n) is 12.9. The highest BCUT2D eigenvalue weighted by Gasteiger charge is 2.27. The first kappa shape index (κ1) is 25.2. The lowest BCUT2D eigenvalue weighted by atomic mass is 9.93. The van der Waals surface area contributed by atoms with E-state index in [0.29, 0.717) is 31.5 Å². The van der Waals surface area contributed by atoms with Gasteiger partial charge in [-0.05, 0) is 89.1 Å². The van der Waals surface area contributed by atoms with Crippen LogP contribution in [-0.2, 0) is 0 Å². The van der Waals surface area contributed by atoms with Crippen LogP contribution >= 0.6 is 0 Å². The standard InChI is InChI=1S/C27H38N4O4/c1-18(2)31-24-6-4-5-19(3)22(24)15-23(26(31)33)25(32)28-16-20-7-11-29(12-8-20)17-21-9-13-30(14-10-21)27(34)35/h4-6,15,18,20-21H,7-14,16-17H2,1-3H3,(H,28,32)(H,34,35). The lowest BCUT2D eigenvalue weighted by Gasteiger charge is -2.37. The second-order valence-electron chi connectivity index (χ2n) is 10.5. The molecule has 2 saturated heterocycles. The van der Waals surface area contributed by atoms with Gasteiger partial charge in [0.1, 0.15) is 5.56 Å². The molecule has 3 heterocycles. The molecule has 8 heteroatoms. The molecule has 2 amide bonds. The van der Waals surface area contributed by atoms with Gasteiger partial charge in [0, 0.05) is 37.6 Å². The number of aryl methyl sites for hydroxylation is 1. The van der Waals surface area contributed by atoms with Crippen molar-refractivity contribution in [2.45, 2.75) is 52.5 Å². The number of carbonyl (C=O) groups is 2. The highest BCUT2D eigenvalue weighted by Crippen LogP contribution is 2.23. The van der Waals surface area contributed by atoms with Gasteiger partial charge < -0.3 is 24.8 Å². The molecule has 35 heavy (non-hydrogen) atoms. The third-order valence-electron chi connectivity index (χ3n) is 7.72. The predicted octanol–water partition coefficient (Wildman–Crippen LogP) is 3.72. The Morgan fingerprint density at radius 2 is 1.71 bits per heavy atom. The minimum atomic E-state index is -0.812. The van der Waals surface area contributed by atoms with Gasteiger partial charge in [-0.2, -0.15) is 0 Å². The maximum Gasteiger partial charge on any atom is 0.407 e. The Morgan fingerprint density at radius 1 is 1.06 bits per heavy atom. The number of carboxylic acid groups (broad SMARTS) is 1. The summed E-state index contributed by atoms with van der Waals surface area (Å²) in [6, 6.07) is 7.60. The third-order valence-corrected chi connectivity index (χ3v) is 7.72. The molecule has 1 aromatic carbocycles. The number of benzene rings is 1. The van der Waals surface area contributed by atoms with Crippen molar-refractivity contribution in [2.24, 2.45) is 11.8 Å². The molecular weight excluding hydrogens is 444 g/mol. The summed E-state index contributed by atoms with van der Waals surface area (Å²) >= 11 is 0. The number of nitrogens with zero attached hydrogens (tertiary/aromatic N) is 3. The number of piperidine rings is 2. The summed E-state index contributed by atoms with van der Waals surface area (Å²) in [6.45, 7) is 10.8. The molecule has 0 saturated carbocycles. The molecule has 0 atom stereocenters. The zero-order valence-corrected chi connectivity index (χ0v) is 21.1. The lowest BCUT2D eigenvalue weighted by Crippen LogP contribution is -2.44. The fourth-order valence-corrected chi connectivity index (χ4v) is 5.56. The van der Waals surface area contributed by atoms with Crippen LogP contribution in [0.5, 0.6) is 0 Å². The summed E-state index contributed by atoms with van der Waals surface area (Å²) in [5.41, 5.74) is 1.89. The van der Waals surface area contributed by atoms with E-state index in [9.17, 15) is 14.4 Å². The molecule has 1 aromatic heterocycles. The largest absolute Gasteiger partial charge is 0.465 e. The molecule has 190 valence electrons. The summed E-state index contributed by atoms with van der Waals surface area (Å²) in [5.74, 6) is 0.669. The van der Waals surface area contributed by atoms with Gasteiger partial charge in [0.2, 0.25) is 0 Å². The van der Waals surface area contributed by atoms with Crippen LogP contribution in [0.25, 0.3) is 10.9 Å². The lowest BCUT2D eigenvalue weighted by molar-refractivity contribution is 0.0919. The summed E-state index contributed by atoms with van der Waals surface area (Å²) in [4.78, 5) is 41.3. The van der Waals surface area contributed by atoms with E-state index in [0.717, 1.165) is 61.8 Å². The van der Waals surface area contributed by atoms with Crippen LogP contribution in [0.2, 0.25) is 0 Å². The van der Waals surface area contributed by atoms with Crippen LogP contribution in [0, 0.1) is 18.8 Å². The molecule has 2 N–H and O–H groups in total. The second kappa shape index (κ2) is 10.8. The number of carbonyl (C=O) groups excluding carboxylic acids is 1. The van der Waals surface area contributed by atoms with Crippen molar-refractivity contribution in [1.29, 1.82) is 0 Å². The second-order valence-corrected chi connectivity index (χ2v) is 10.5. The average Bonchev–Trinajstić information content (AvgIpc) is 2.83. The Balaban J connectivity index is 1.31. The van der Waals surface area contributed by atoms with Crippen LogP contribution in [0.15, 0.2) is 29.1 Å². The van der Waals surface area contributed by atoms with E-state index in [-0.39, 0.29) is 23.1 Å². The fourth-order valence-electron chi connectivity index (χ4n) is 5.56.